The highest BCUT2D eigenvalue weighted by Crippen LogP contribution is 2.33. The van der Waals surface area contributed by atoms with E-state index in [4.69, 9.17) is 0 Å². The lowest BCUT2D eigenvalue weighted by atomic mass is 10.1. The maximum atomic E-state index is 12.6. The van der Waals surface area contributed by atoms with Gasteiger partial charge in [-0.3, -0.25) is 4.90 Å². The maximum absolute atomic E-state index is 12.6. The summed E-state index contributed by atoms with van der Waals surface area (Å²) in [5.74, 6) is -0.956. The molecule has 20 heavy (non-hydrogen) atoms. The molecule has 0 saturated carbocycles. The summed E-state index contributed by atoms with van der Waals surface area (Å²) in [5, 5.41) is 9.38. The summed E-state index contributed by atoms with van der Waals surface area (Å²) in [5.41, 5.74) is 1.64. The van der Waals surface area contributed by atoms with E-state index in [1.807, 2.05) is 36.4 Å². The van der Waals surface area contributed by atoms with Gasteiger partial charge in [0, 0.05) is 25.2 Å². The number of carbonyl (C=O) groups is 2. The molecule has 2 aliphatic heterocycles. The second kappa shape index (κ2) is 5.00. The summed E-state index contributed by atoms with van der Waals surface area (Å²) < 4.78 is 0. The van der Waals surface area contributed by atoms with Crippen LogP contribution in [0.2, 0.25) is 0 Å². The predicted octanol–water partition coefficient (Wildman–Crippen LogP) is 1.88. The monoisotopic (exact) mass is 272 g/mol. The molecule has 5 heteroatoms. The second-order valence-corrected chi connectivity index (χ2v) is 5.05. The van der Waals surface area contributed by atoms with Crippen LogP contribution in [0.1, 0.15) is 12.0 Å². The zero-order chi connectivity index (χ0) is 14.1. The fraction of sp³-hybridized carbons (Fsp3) is 0.333. The van der Waals surface area contributed by atoms with Crippen LogP contribution in [-0.4, -0.2) is 41.1 Å². The van der Waals surface area contributed by atoms with Gasteiger partial charge >= 0.3 is 12.0 Å². The normalized spacial score (nSPS) is 20.9. The molecule has 2 heterocycles. The Morgan fingerprint density at radius 1 is 1.20 bits per heavy atom. The van der Waals surface area contributed by atoms with E-state index in [9.17, 15) is 14.7 Å². The lowest BCUT2D eigenvalue weighted by Crippen LogP contribution is -2.50. The van der Waals surface area contributed by atoms with Crippen molar-refractivity contribution in [2.75, 3.05) is 18.0 Å². The Morgan fingerprint density at radius 2 is 2.00 bits per heavy atom. The Bertz CT molecular complexity index is 582. The lowest BCUT2D eigenvalue weighted by Gasteiger charge is -2.31. The number of rotatable bonds is 1. The van der Waals surface area contributed by atoms with Crippen LogP contribution in [0.25, 0.3) is 0 Å². The number of carbonyl (C=O) groups excluding carboxylic acids is 1. The van der Waals surface area contributed by atoms with E-state index in [1.54, 1.807) is 4.90 Å². The molecule has 0 radical (unpaired) electrons. The first kappa shape index (κ1) is 12.7. The van der Waals surface area contributed by atoms with Gasteiger partial charge in [-0.05, 0) is 18.1 Å². The van der Waals surface area contributed by atoms with Gasteiger partial charge in [-0.1, -0.05) is 30.4 Å². The summed E-state index contributed by atoms with van der Waals surface area (Å²) >= 11 is 0. The van der Waals surface area contributed by atoms with Crippen molar-refractivity contribution in [1.29, 1.82) is 0 Å². The average molecular weight is 272 g/mol. The molecule has 1 unspecified atom stereocenters. The van der Waals surface area contributed by atoms with Crippen LogP contribution in [0.5, 0.6) is 0 Å². The molecule has 2 amide bonds. The summed E-state index contributed by atoms with van der Waals surface area (Å²) in [6, 6.07) is 6.39. The van der Waals surface area contributed by atoms with Crippen molar-refractivity contribution >= 4 is 17.7 Å². The van der Waals surface area contributed by atoms with Gasteiger partial charge in [0.25, 0.3) is 0 Å². The average Bonchev–Trinajstić information content (AvgIpc) is 2.87. The molecule has 0 aliphatic carbocycles. The zero-order valence-corrected chi connectivity index (χ0v) is 11.0. The largest absolute Gasteiger partial charge is 0.480 e. The molecule has 0 aromatic heterocycles. The van der Waals surface area contributed by atoms with Gasteiger partial charge < -0.3 is 10.0 Å². The van der Waals surface area contributed by atoms with Crippen LogP contribution in [0.3, 0.4) is 0 Å². The van der Waals surface area contributed by atoms with Crippen molar-refractivity contribution < 1.29 is 14.7 Å². The van der Waals surface area contributed by atoms with Crippen LogP contribution in [0.4, 0.5) is 10.5 Å². The maximum Gasteiger partial charge on any atom is 0.327 e. The number of hydrogen-bond donors (Lipinski definition) is 1. The number of anilines is 1. The lowest BCUT2D eigenvalue weighted by molar-refractivity contribution is -0.138. The van der Waals surface area contributed by atoms with E-state index in [2.05, 4.69) is 0 Å². The number of nitrogens with zero attached hydrogens (tertiary/aromatic N) is 2. The molecule has 5 nitrogen and oxygen atoms in total. The Morgan fingerprint density at radius 3 is 2.70 bits per heavy atom. The third kappa shape index (κ3) is 2.05. The molecule has 0 spiro atoms. The summed E-state index contributed by atoms with van der Waals surface area (Å²) in [7, 11) is 0. The van der Waals surface area contributed by atoms with Crippen LogP contribution in [-0.2, 0) is 11.2 Å². The van der Waals surface area contributed by atoms with E-state index in [-0.39, 0.29) is 6.03 Å². The molecule has 0 fully saturated rings. The van der Waals surface area contributed by atoms with E-state index in [0.29, 0.717) is 19.5 Å². The van der Waals surface area contributed by atoms with Crippen molar-refractivity contribution in [3.8, 4) is 0 Å². The highest BCUT2D eigenvalue weighted by molar-refractivity contribution is 6.01. The van der Waals surface area contributed by atoms with Gasteiger partial charge in [0.2, 0.25) is 0 Å². The molecule has 0 bridgehead atoms. The zero-order valence-electron chi connectivity index (χ0n) is 11.0. The quantitative estimate of drug-likeness (QED) is 0.794. The molecule has 1 aromatic carbocycles. The van der Waals surface area contributed by atoms with Crippen molar-refractivity contribution in [3.05, 3.63) is 42.0 Å². The number of carboxylic acids is 1. The molecular formula is C15H16N2O3. The van der Waals surface area contributed by atoms with Crippen molar-refractivity contribution in [1.82, 2.24) is 4.90 Å². The van der Waals surface area contributed by atoms with Gasteiger partial charge in [0.1, 0.15) is 6.04 Å². The van der Waals surface area contributed by atoms with Crippen LogP contribution in [0.15, 0.2) is 36.4 Å². The predicted molar refractivity (Wildman–Crippen MR) is 74.8 cm³/mol. The van der Waals surface area contributed by atoms with Gasteiger partial charge in [-0.15, -0.1) is 0 Å². The van der Waals surface area contributed by atoms with Crippen molar-refractivity contribution in [2.45, 2.75) is 18.9 Å². The van der Waals surface area contributed by atoms with Crippen LogP contribution < -0.4 is 4.90 Å². The van der Waals surface area contributed by atoms with Gasteiger partial charge in [-0.2, -0.15) is 0 Å². The first-order valence-corrected chi connectivity index (χ1v) is 6.72. The number of amides is 2. The van der Waals surface area contributed by atoms with Crippen LogP contribution >= 0.6 is 0 Å². The number of carboxylic acid groups (broad SMARTS) is 1. The fourth-order valence-corrected chi connectivity index (χ4v) is 2.79. The van der Waals surface area contributed by atoms with Gasteiger partial charge in [0.15, 0.2) is 0 Å². The van der Waals surface area contributed by atoms with E-state index >= 15 is 0 Å². The Hall–Kier alpha value is -2.30. The highest BCUT2D eigenvalue weighted by Gasteiger charge is 2.39. The minimum atomic E-state index is -0.956. The number of urea groups is 1. The third-order valence-corrected chi connectivity index (χ3v) is 3.80. The molecule has 1 N–H and O–H groups in total. The van der Waals surface area contributed by atoms with Gasteiger partial charge in [-0.25, -0.2) is 9.59 Å². The SMILES string of the molecule is O=C(O)C1Cc2ccccc2N1C(=O)N1CC=CCC1. The molecule has 3 rings (SSSR count). The molecule has 1 atom stereocenters. The Kier molecular flexibility index (Phi) is 3.18. The molecule has 0 saturated heterocycles. The summed E-state index contributed by atoms with van der Waals surface area (Å²) in [6.07, 6.45) is 5.18. The first-order chi connectivity index (χ1) is 9.68. The highest BCUT2D eigenvalue weighted by atomic mass is 16.4. The molecule has 2 aliphatic rings. The summed E-state index contributed by atoms with van der Waals surface area (Å²) in [6.45, 7) is 1.18. The van der Waals surface area contributed by atoms with E-state index in [0.717, 1.165) is 17.7 Å². The number of hydrogen-bond acceptors (Lipinski definition) is 2. The molecule has 1 aromatic rings. The van der Waals surface area contributed by atoms with Crippen LogP contribution in [0, 0.1) is 0 Å². The molecule has 104 valence electrons. The summed E-state index contributed by atoms with van der Waals surface area (Å²) in [4.78, 5) is 27.2. The number of aliphatic carboxylic acids is 1. The Labute approximate surface area is 117 Å². The Balaban J connectivity index is 1.93. The third-order valence-electron chi connectivity index (χ3n) is 3.80. The second-order valence-electron chi connectivity index (χ2n) is 5.05. The van der Waals surface area contributed by atoms with Gasteiger partial charge in [0.05, 0.1) is 0 Å². The van der Waals surface area contributed by atoms with Crippen molar-refractivity contribution in [3.63, 3.8) is 0 Å². The fourth-order valence-electron chi connectivity index (χ4n) is 2.79. The van der Waals surface area contributed by atoms with E-state index < -0.39 is 12.0 Å². The number of fused-ring (bicyclic) bond motifs is 1. The topological polar surface area (TPSA) is 60.9 Å². The van der Waals surface area contributed by atoms with E-state index in [1.165, 1.54) is 4.90 Å². The standard InChI is InChI=1S/C15H16N2O3/c18-14(19)13-10-11-6-2-3-7-12(11)17(13)15(20)16-8-4-1-5-9-16/h1-4,6-7,13H,5,8-10H2,(H,18,19). The number of benzene rings is 1. The smallest absolute Gasteiger partial charge is 0.327 e. The number of para-hydroxylation sites is 1. The minimum Gasteiger partial charge on any atom is -0.480 e. The first-order valence-electron chi connectivity index (χ1n) is 6.72. The minimum absolute atomic E-state index is 0.216. The molecular weight excluding hydrogens is 256 g/mol. The van der Waals surface area contributed by atoms with Crippen molar-refractivity contribution in [2.24, 2.45) is 0 Å².